The second-order valence-electron chi connectivity index (χ2n) is 7.19. The lowest BCUT2D eigenvalue weighted by molar-refractivity contribution is -0.139. The fourth-order valence-corrected chi connectivity index (χ4v) is 3.44. The summed E-state index contributed by atoms with van der Waals surface area (Å²) in [7, 11) is 0. The number of benzene rings is 1. The monoisotopic (exact) mass is 438 g/mol. The number of hydrogen-bond acceptors (Lipinski definition) is 5. The molecule has 10 heteroatoms. The number of hydrogen-bond donors (Lipinski definition) is 4. The second kappa shape index (κ2) is 12.8. The summed E-state index contributed by atoms with van der Waals surface area (Å²) in [4.78, 5) is 42.2. The van der Waals surface area contributed by atoms with Gasteiger partial charge in [-0.1, -0.05) is 30.3 Å². The third-order valence-electron chi connectivity index (χ3n) is 4.91. The minimum atomic E-state index is -0.716. The Hall–Kier alpha value is -2.65. The van der Waals surface area contributed by atoms with Gasteiger partial charge in [-0.05, 0) is 37.7 Å². The lowest BCUT2D eigenvalue weighted by atomic mass is 10.0. The fourth-order valence-electron chi connectivity index (χ4n) is 3.44. The molecule has 0 bridgehead atoms. The first-order chi connectivity index (χ1) is 13.9. The van der Waals surface area contributed by atoms with E-state index in [-0.39, 0.29) is 30.2 Å². The van der Waals surface area contributed by atoms with Gasteiger partial charge in [0, 0.05) is 13.1 Å². The average molecular weight is 439 g/mol. The van der Waals surface area contributed by atoms with E-state index in [0.29, 0.717) is 45.1 Å². The van der Waals surface area contributed by atoms with E-state index >= 15 is 0 Å². The quantitative estimate of drug-likeness (QED) is 0.170. The molecule has 2 rings (SSSR count). The van der Waals surface area contributed by atoms with Crippen molar-refractivity contribution in [2.45, 2.75) is 50.2 Å². The van der Waals surface area contributed by atoms with Crippen LogP contribution in [0.4, 0.5) is 0 Å². The van der Waals surface area contributed by atoms with Crippen molar-refractivity contribution < 1.29 is 14.4 Å². The molecule has 9 nitrogen and oxygen atoms in total. The van der Waals surface area contributed by atoms with Crippen LogP contribution >= 0.6 is 12.4 Å². The molecule has 0 unspecified atom stereocenters. The molecule has 166 valence electrons. The van der Waals surface area contributed by atoms with E-state index in [9.17, 15) is 14.4 Å². The van der Waals surface area contributed by atoms with Gasteiger partial charge in [-0.2, -0.15) is 0 Å². The first kappa shape index (κ1) is 25.4. The van der Waals surface area contributed by atoms with Crippen molar-refractivity contribution in [1.82, 2.24) is 10.2 Å². The number of amides is 2. The molecule has 1 fully saturated rings. The smallest absolute Gasteiger partial charge is 0.243 e. The molecule has 1 aromatic rings. The summed E-state index contributed by atoms with van der Waals surface area (Å²) in [6.07, 6.45) is 3.34. The number of nitrogens with two attached hydrogens (primary N) is 3. The number of carbonyl (C=O) groups is 3. The van der Waals surface area contributed by atoms with Gasteiger partial charge in [0.05, 0.1) is 12.1 Å². The van der Waals surface area contributed by atoms with Crippen LogP contribution in [0.25, 0.3) is 0 Å². The zero-order chi connectivity index (χ0) is 21.2. The van der Waals surface area contributed by atoms with Gasteiger partial charge < -0.3 is 32.2 Å². The van der Waals surface area contributed by atoms with Gasteiger partial charge in [0.1, 0.15) is 12.3 Å². The summed E-state index contributed by atoms with van der Waals surface area (Å²) in [5.74, 6) is -0.591. The molecular weight excluding hydrogens is 408 g/mol. The van der Waals surface area contributed by atoms with Gasteiger partial charge in [0.15, 0.2) is 5.96 Å². The molecule has 7 N–H and O–H groups in total. The summed E-state index contributed by atoms with van der Waals surface area (Å²) in [6, 6.07) is 7.55. The molecule has 1 heterocycles. The van der Waals surface area contributed by atoms with Crippen LogP contribution in [0.1, 0.15) is 31.2 Å². The topological polar surface area (TPSA) is 157 Å². The predicted octanol–water partition coefficient (Wildman–Crippen LogP) is -0.293. The number of carbonyl (C=O) groups excluding carboxylic acids is 3. The Balaban J connectivity index is 0.00000450. The van der Waals surface area contributed by atoms with Gasteiger partial charge in [-0.25, -0.2) is 0 Å². The molecule has 3 atom stereocenters. The van der Waals surface area contributed by atoms with Crippen molar-refractivity contribution in [3.05, 3.63) is 35.9 Å². The average Bonchev–Trinajstić information content (AvgIpc) is 3.20. The van der Waals surface area contributed by atoms with Crippen LogP contribution in [-0.2, 0) is 20.8 Å². The Labute approximate surface area is 182 Å². The van der Waals surface area contributed by atoms with E-state index in [1.807, 2.05) is 30.3 Å². The molecule has 0 aliphatic carbocycles. The number of aldehydes is 1. The van der Waals surface area contributed by atoms with Gasteiger partial charge in [0.2, 0.25) is 11.8 Å². The van der Waals surface area contributed by atoms with E-state index in [0.717, 1.165) is 12.0 Å². The van der Waals surface area contributed by atoms with Crippen LogP contribution in [0, 0.1) is 0 Å². The zero-order valence-electron chi connectivity index (χ0n) is 16.9. The Morgan fingerprint density at radius 3 is 2.60 bits per heavy atom. The Morgan fingerprint density at radius 1 is 1.27 bits per heavy atom. The first-order valence-corrected chi connectivity index (χ1v) is 9.83. The number of halogens is 1. The van der Waals surface area contributed by atoms with Crippen LogP contribution in [0.15, 0.2) is 35.3 Å². The molecule has 0 aromatic heterocycles. The number of nitrogens with zero attached hydrogens (tertiary/aromatic N) is 2. The molecule has 30 heavy (non-hydrogen) atoms. The number of rotatable bonds is 10. The van der Waals surface area contributed by atoms with Crippen molar-refractivity contribution in [2.24, 2.45) is 22.2 Å². The summed E-state index contributed by atoms with van der Waals surface area (Å²) in [5.41, 5.74) is 17.6. The van der Waals surface area contributed by atoms with Gasteiger partial charge in [-0.15, -0.1) is 12.4 Å². The van der Waals surface area contributed by atoms with Crippen LogP contribution in [0.2, 0.25) is 0 Å². The van der Waals surface area contributed by atoms with Crippen LogP contribution in [0.3, 0.4) is 0 Å². The molecule has 0 radical (unpaired) electrons. The maximum atomic E-state index is 12.8. The highest BCUT2D eigenvalue weighted by atomic mass is 35.5. The molecule has 1 aromatic carbocycles. The highest BCUT2D eigenvalue weighted by Crippen LogP contribution is 2.19. The maximum absolute atomic E-state index is 12.8. The molecule has 2 amide bonds. The summed E-state index contributed by atoms with van der Waals surface area (Å²) in [5, 5.41) is 2.72. The Morgan fingerprint density at radius 2 is 1.97 bits per heavy atom. The molecule has 0 saturated carbocycles. The predicted molar refractivity (Wildman–Crippen MR) is 118 cm³/mol. The summed E-state index contributed by atoms with van der Waals surface area (Å²) < 4.78 is 0. The largest absolute Gasteiger partial charge is 0.370 e. The van der Waals surface area contributed by atoms with Crippen LogP contribution in [-0.4, -0.2) is 60.2 Å². The molecule has 1 saturated heterocycles. The SMILES string of the molecule is Cl.NC(N)=NCCC[C@@H](C=O)NC(=O)[C@@H]1CCCN1C(=O)[C@H](N)Cc1ccccc1. The van der Waals surface area contributed by atoms with Crippen molar-refractivity contribution >= 4 is 36.5 Å². The van der Waals surface area contributed by atoms with Gasteiger partial charge >= 0.3 is 0 Å². The van der Waals surface area contributed by atoms with Crippen molar-refractivity contribution in [3.63, 3.8) is 0 Å². The third kappa shape index (κ3) is 7.64. The van der Waals surface area contributed by atoms with Crippen LogP contribution in [0.5, 0.6) is 0 Å². The zero-order valence-corrected chi connectivity index (χ0v) is 17.7. The number of nitrogens with one attached hydrogen (secondary N) is 1. The first-order valence-electron chi connectivity index (χ1n) is 9.83. The third-order valence-corrected chi connectivity index (χ3v) is 4.91. The summed E-state index contributed by atoms with van der Waals surface area (Å²) in [6.45, 7) is 0.862. The number of likely N-dealkylation sites (tertiary alicyclic amines) is 1. The lowest BCUT2D eigenvalue weighted by Gasteiger charge is -2.27. The number of guanidine groups is 1. The van der Waals surface area contributed by atoms with E-state index in [2.05, 4.69) is 10.3 Å². The maximum Gasteiger partial charge on any atom is 0.243 e. The lowest BCUT2D eigenvalue weighted by Crippen LogP contribution is -2.53. The van der Waals surface area contributed by atoms with Crippen molar-refractivity contribution in [2.75, 3.05) is 13.1 Å². The van der Waals surface area contributed by atoms with E-state index in [1.165, 1.54) is 4.90 Å². The second-order valence-corrected chi connectivity index (χ2v) is 7.19. The standard InChI is InChI=1S/C20H30N6O3.ClH/c21-16(12-14-6-2-1-3-7-14)19(29)26-11-5-9-17(26)18(28)25-15(13-27)8-4-10-24-20(22)23;/h1-3,6-7,13,15-17H,4-5,8-12,21H2,(H,25,28)(H4,22,23,24);1H/t15-,16+,17-;/m0./s1. The fraction of sp³-hybridized carbons (Fsp3) is 0.500. The van der Waals surface area contributed by atoms with E-state index in [1.54, 1.807) is 0 Å². The minimum Gasteiger partial charge on any atom is -0.370 e. The molecular formula is C20H31ClN6O3. The Kier molecular flexibility index (Phi) is 10.8. The van der Waals surface area contributed by atoms with Crippen molar-refractivity contribution in [3.8, 4) is 0 Å². The van der Waals surface area contributed by atoms with Gasteiger partial charge in [0.25, 0.3) is 0 Å². The van der Waals surface area contributed by atoms with Gasteiger partial charge in [-0.3, -0.25) is 14.6 Å². The highest BCUT2D eigenvalue weighted by Gasteiger charge is 2.36. The number of aliphatic imine (C=N–C) groups is 1. The molecule has 1 aliphatic heterocycles. The van der Waals surface area contributed by atoms with Crippen molar-refractivity contribution in [1.29, 1.82) is 0 Å². The highest BCUT2D eigenvalue weighted by molar-refractivity contribution is 5.91. The van der Waals surface area contributed by atoms with E-state index < -0.39 is 18.1 Å². The molecule has 1 aliphatic rings. The van der Waals surface area contributed by atoms with E-state index in [4.69, 9.17) is 17.2 Å². The van der Waals surface area contributed by atoms with Crippen LogP contribution < -0.4 is 22.5 Å². The summed E-state index contributed by atoms with van der Waals surface area (Å²) >= 11 is 0. The Bertz CT molecular complexity index is 727. The molecule has 0 spiro atoms. The normalized spacial score (nSPS) is 17.4. The minimum absolute atomic E-state index is 0.